The lowest BCUT2D eigenvalue weighted by molar-refractivity contribution is -0.149. The summed E-state index contributed by atoms with van der Waals surface area (Å²) in [4.78, 5) is 51.8. The van der Waals surface area contributed by atoms with Crippen molar-refractivity contribution in [3.05, 3.63) is 40.6 Å². The Morgan fingerprint density at radius 1 is 1.25 bits per heavy atom. The Hall–Kier alpha value is -2.72. The van der Waals surface area contributed by atoms with E-state index >= 15 is 0 Å². The van der Waals surface area contributed by atoms with Gasteiger partial charge in [0.1, 0.15) is 5.82 Å². The number of hydrogen-bond donors (Lipinski definition) is 1. The summed E-state index contributed by atoms with van der Waals surface area (Å²) < 4.78 is 18.8. The number of carbonyl (C=O) groups is 4. The fraction of sp³-hybridized carbons (Fsp3) is 0.455. The molecule has 0 radical (unpaired) electrons. The van der Waals surface area contributed by atoms with E-state index in [2.05, 4.69) is 5.32 Å². The van der Waals surface area contributed by atoms with Gasteiger partial charge in [-0.1, -0.05) is 18.2 Å². The van der Waals surface area contributed by atoms with Gasteiger partial charge in [0.25, 0.3) is 11.1 Å². The predicted molar refractivity (Wildman–Crippen MR) is 118 cm³/mol. The molecule has 2 aliphatic rings. The highest BCUT2D eigenvalue weighted by molar-refractivity contribution is 8.18. The number of nitrogens with zero attached hydrogens (tertiary/aromatic N) is 2. The van der Waals surface area contributed by atoms with Crippen LogP contribution >= 0.6 is 11.8 Å². The number of imide groups is 1. The first-order chi connectivity index (χ1) is 15.4. The highest BCUT2D eigenvalue weighted by Gasteiger charge is 2.35. The number of nitrogens with one attached hydrogen (secondary N) is 1. The molecule has 0 atom stereocenters. The molecule has 10 heteroatoms. The lowest BCUT2D eigenvalue weighted by Crippen LogP contribution is -2.44. The number of piperidine rings is 1. The van der Waals surface area contributed by atoms with Gasteiger partial charge in [0.2, 0.25) is 5.91 Å². The summed E-state index contributed by atoms with van der Waals surface area (Å²) in [5, 5.41) is 2.27. The summed E-state index contributed by atoms with van der Waals surface area (Å²) in [5.41, 5.74) is 0.234. The van der Waals surface area contributed by atoms with E-state index in [1.54, 1.807) is 19.1 Å². The molecule has 1 N–H and O–H groups in total. The Balaban J connectivity index is 1.42. The lowest BCUT2D eigenvalue weighted by atomic mass is 9.97. The minimum Gasteiger partial charge on any atom is -0.466 e. The average molecular weight is 464 g/mol. The molecule has 0 aliphatic carbocycles. The van der Waals surface area contributed by atoms with E-state index < -0.39 is 17.0 Å². The van der Waals surface area contributed by atoms with Crippen LogP contribution < -0.4 is 5.32 Å². The van der Waals surface area contributed by atoms with Crippen LogP contribution in [-0.2, 0) is 19.1 Å². The van der Waals surface area contributed by atoms with E-state index in [-0.39, 0.29) is 47.9 Å². The molecule has 3 rings (SSSR count). The van der Waals surface area contributed by atoms with Crippen LogP contribution in [0.5, 0.6) is 0 Å². The molecule has 0 saturated carbocycles. The van der Waals surface area contributed by atoms with Crippen LogP contribution in [0.4, 0.5) is 9.18 Å². The van der Waals surface area contributed by atoms with E-state index in [1.807, 2.05) is 4.90 Å². The largest absolute Gasteiger partial charge is 0.466 e. The summed E-state index contributed by atoms with van der Waals surface area (Å²) in [6.45, 7) is 3.74. The highest BCUT2D eigenvalue weighted by atomic mass is 32.2. The third-order valence-corrected chi connectivity index (χ3v) is 6.21. The van der Waals surface area contributed by atoms with Crippen LogP contribution in [0.2, 0.25) is 0 Å². The zero-order valence-corrected chi connectivity index (χ0v) is 18.7. The lowest BCUT2D eigenvalue weighted by Gasteiger charge is -2.30. The maximum absolute atomic E-state index is 13.8. The number of likely N-dealkylation sites (tertiary alicyclic amines) is 1. The second-order valence-corrected chi connectivity index (χ2v) is 8.50. The number of hydrogen-bond acceptors (Lipinski definition) is 7. The van der Waals surface area contributed by atoms with Gasteiger partial charge in [-0.3, -0.25) is 29.0 Å². The Labute approximate surface area is 190 Å². The first-order valence-corrected chi connectivity index (χ1v) is 11.4. The van der Waals surface area contributed by atoms with Crippen LogP contribution in [0.3, 0.4) is 0 Å². The molecule has 2 aliphatic heterocycles. The van der Waals surface area contributed by atoms with Crippen LogP contribution in [-0.4, -0.2) is 72.2 Å². The maximum atomic E-state index is 13.8. The normalized spacial score (nSPS) is 18.9. The molecule has 2 saturated heterocycles. The summed E-state index contributed by atoms with van der Waals surface area (Å²) in [7, 11) is 0. The van der Waals surface area contributed by atoms with E-state index in [0.29, 0.717) is 32.5 Å². The van der Waals surface area contributed by atoms with Crippen LogP contribution in [0.15, 0.2) is 29.2 Å². The molecule has 2 heterocycles. The molecule has 32 heavy (non-hydrogen) atoms. The highest BCUT2D eigenvalue weighted by Crippen LogP contribution is 2.32. The summed E-state index contributed by atoms with van der Waals surface area (Å²) >= 11 is 0.752. The van der Waals surface area contributed by atoms with Gasteiger partial charge in [0.05, 0.1) is 24.0 Å². The fourth-order valence-electron chi connectivity index (χ4n) is 3.58. The second kappa shape index (κ2) is 11.2. The Bertz CT molecular complexity index is 915. The van der Waals surface area contributed by atoms with Gasteiger partial charge in [-0.15, -0.1) is 0 Å². The molecular formula is C22H26FN3O5S. The Morgan fingerprint density at radius 3 is 2.66 bits per heavy atom. The first kappa shape index (κ1) is 23.9. The first-order valence-electron chi connectivity index (χ1n) is 10.5. The molecule has 1 aromatic carbocycles. The van der Waals surface area contributed by atoms with E-state index in [0.717, 1.165) is 16.7 Å². The standard InChI is InChI=1S/C22H26FN3O5S/c1-2-31-21(29)15-7-10-25(11-8-15)14-19(27)24-9-12-26-20(28)18(32-22(26)30)13-16-5-3-4-6-17(16)23/h3-6,13,15H,2,7-12,14H2,1H3,(H,24,27)/b18-13-. The topological polar surface area (TPSA) is 96.0 Å². The van der Waals surface area contributed by atoms with Gasteiger partial charge in [0, 0.05) is 18.7 Å². The van der Waals surface area contributed by atoms with Crippen LogP contribution in [0.25, 0.3) is 6.08 Å². The van der Waals surface area contributed by atoms with Crippen molar-refractivity contribution in [2.45, 2.75) is 19.8 Å². The SMILES string of the molecule is CCOC(=O)C1CCN(CC(=O)NCCN2C(=O)S/C(=C\c3ccccc3F)C2=O)CC1. The number of halogens is 1. The number of ether oxygens (including phenoxy) is 1. The molecule has 172 valence electrons. The smallest absolute Gasteiger partial charge is 0.309 e. The number of thioether (sulfide) groups is 1. The molecule has 1 aromatic rings. The fourth-order valence-corrected chi connectivity index (χ4v) is 4.44. The Morgan fingerprint density at radius 2 is 1.97 bits per heavy atom. The van der Waals surface area contributed by atoms with Crippen LogP contribution in [0.1, 0.15) is 25.3 Å². The monoisotopic (exact) mass is 463 g/mol. The van der Waals surface area contributed by atoms with Gasteiger partial charge in [-0.05, 0) is 56.8 Å². The predicted octanol–water partition coefficient (Wildman–Crippen LogP) is 2.25. The number of benzene rings is 1. The van der Waals surface area contributed by atoms with Crippen molar-refractivity contribution in [2.75, 3.05) is 39.3 Å². The number of esters is 1. The molecule has 0 aromatic heterocycles. The third-order valence-electron chi connectivity index (χ3n) is 5.30. The van der Waals surface area contributed by atoms with Crippen molar-refractivity contribution in [1.82, 2.24) is 15.1 Å². The van der Waals surface area contributed by atoms with E-state index in [4.69, 9.17) is 4.74 Å². The molecule has 0 bridgehead atoms. The molecule has 8 nitrogen and oxygen atoms in total. The quantitative estimate of drug-likeness (QED) is 0.467. The zero-order chi connectivity index (χ0) is 23.1. The van der Waals surface area contributed by atoms with Crippen molar-refractivity contribution < 1.29 is 28.3 Å². The summed E-state index contributed by atoms with van der Waals surface area (Å²) in [6, 6.07) is 6.00. The van der Waals surface area contributed by atoms with E-state index in [9.17, 15) is 23.6 Å². The molecule has 2 fully saturated rings. The number of amides is 3. The van der Waals surface area contributed by atoms with Crippen molar-refractivity contribution in [3.8, 4) is 0 Å². The Kier molecular flexibility index (Phi) is 8.40. The minimum atomic E-state index is -0.501. The van der Waals surface area contributed by atoms with Crippen molar-refractivity contribution in [1.29, 1.82) is 0 Å². The molecule has 3 amide bonds. The molecular weight excluding hydrogens is 437 g/mol. The third kappa shape index (κ3) is 6.17. The average Bonchev–Trinajstić information content (AvgIpc) is 3.03. The van der Waals surface area contributed by atoms with Gasteiger partial charge < -0.3 is 10.1 Å². The van der Waals surface area contributed by atoms with Crippen LogP contribution in [0, 0.1) is 11.7 Å². The summed E-state index contributed by atoms with van der Waals surface area (Å²) in [5.74, 6) is -1.49. The second-order valence-electron chi connectivity index (χ2n) is 7.51. The van der Waals surface area contributed by atoms with Crippen molar-refractivity contribution in [3.63, 3.8) is 0 Å². The van der Waals surface area contributed by atoms with Gasteiger partial charge in [-0.25, -0.2) is 4.39 Å². The van der Waals surface area contributed by atoms with E-state index in [1.165, 1.54) is 18.2 Å². The minimum absolute atomic E-state index is 0.0376. The number of carbonyl (C=O) groups excluding carboxylic acids is 4. The zero-order valence-electron chi connectivity index (χ0n) is 17.8. The van der Waals surface area contributed by atoms with Gasteiger partial charge in [-0.2, -0.15) is 0 Å². The van der Waals surface area contributed by atoms with Gasteiger partial charge >= 0.3 is 5.97 Å². The summed E-state index contributed by atoms with van der Waals surface area (Å²) in [6.07, 6.45) is 2.66. The number of rotatable bonds is 8. The maximum Gasteiger partial charge on any atom is 0.309 e. The molecule has 0 unspecified atom stereocenters. The van der Waals surface area contributed by atoms with Crippen molar-refractivity contribution >= 4 is 40.9 Å². The van der Waals surface area contributed by atoms with Gasteiger partial charge in [0.15, 0.2) is 0 Å². The van der Waals surface area contributed by atoms with Crippen molar-refractivity contribution in [2.24, 2.45) is 5.92 Å². The molecule has 0 spiro atoms.